The molecule has 1 N–H and O–H groups in total. The van der Waals surface area contributed by atoms with Gasteiger partial charge in [0.1, 0.15) is 0 Å². The Balaban J connectivity index is 1.64. The Bertz CT molecular complexity index is 1550. The number of anilines is 1. The van der Waals surface area contributed by atoms with Gasteiger partial charge in [-0.15, -0.1) is 10.2 Å². The van der Waals surface area contributed by atoms with Gasteiger partial charge >= 0.3 is 0 Å². The zero-order valence-corrected chi connectivity index (χ0v) is 24.9. The standard InChI is InChI=1S/C30H35N5O3S2/c1-5-22(4)26-18-11-12-19-27(26)31-28(36)21-39-30-33-32-29(35(30)24-15-9-8-10-16-24)23-14-13-17-25(20-23)40(37,38)34(6-2)7-3/h8-20,22H,5-7,21H2,1-4H3,(H,31,36). The maximum absolute atomic E-state index is 13.2. The van der Waals surface area contributed by atoms with Gasteiger partial charge in [0.2, 0.25) is 15.9 Å². The SMILES string of the molecule is CCC(C)c1ccccc1NC(=O)CSc1nnc(-c2cccc(S(=O)(=O)N(CC)CC)c2)n1-c1ccccc1. The number of hydrogen-bond donors (Lipinski definition) is 1. The van der Waals surface area contributed by atoms with Crippen LogP contribution in [0.25, 0.3) is 17.1 Å². The van der Waals surface area contributed by atoms with Crippen LogP contribution in [0.15, 0.2) is 88.9 Å². The number of carbonyl (C=O) groups is 1. The highest BCUT2D eigenvalue weighted by molar-refractivity contribution is 7.99. The molecule has 0 aliphatic heterocycles. The summed E-state index contributed by atoms with van der Waals surface area (Å²) < 4.78 is 29.6. The molecule has 1 unspecified atom stereocenters. The molecular weight excluding hydrogens is 542 g/mol. The number of sulfonamides is 1. The Kier molecular flexibility index (Phi) is 9.78. The van der Waals surface area contributed by atoms with Crippen LogP contribution in [0.5, 0.6) is 0 Å². The van der Waals surface area contributed by atoms with Crippen LogP contribution in [0.1, 0.15) is 45.6 Å². The van der Waals surface area contributed by atoms with Gasteiger partial charge in [0.05, 0.1) is 10.6 Å². The van der Waals surface area contributed by atoms with Gasteiger partial charge in [-0.1, -0.05) is 88.0 Å². The Morgan fingerprint density at radius 1 is 0.950 bits per heavy atom. The molecule has 10 heteroatoms. The lowest BCUT2D eigenvalue weighted by atomic mass is 9.97. The number of aromatic nitrogens is 3. The van der Waals surface area contributed by atoms with Crippen LogP contribution in [0, 0.1) is 0 Å². The van der Waals surface area contributed by atoms with Crippen molar-refractivity contribution < 1.29 is 13.2 Å². The van der Waals surface area contributed by atoms with Gasteiger partial charge in [-0.05, 0) is 48.2 Å². The molecule has 1 heterocycles. The van der Waals surface area contributed by atoms with Crippen LogP contribution in [0.3, 0.4) is 0 Å². The third-order valence-electron chi connectivity index (χ3n) is 6.79. The first kappa shape index (κ1) is 29.5. The maximum atomic E-state index is 13.2. The highest BCUT2D eigenvalue weighted by Crippen LogP contribution is 2.31. The summed E-state index contributed by atoms with van der Waals surface area (Å²) in [5.74, 6) is 0.815. The monoisotopic (exact) mass is 577 g/mol. The predicted octanol–water partition coefficient (Wildman–Crippen LogP) is 6.21. The molecule has 0 bridgehead atoms. The quantitative estimate of drug-likeness (QED) is 0.201. The van der Waals surface area contributed by atoms with Crippen molar-refractivity contribution >= 4 is 33.4 Å². The van der Waals surface area contributed by atoms with E-state index in [1.807, 2.05) is 79.1 Å². The first-order valence-electron chi connectivity index (χ1n) is 13.4. The van der Waals surface area contributed by atoms with Crippen LogP contribution in [-0.4, -0.2) is 52.2 Å². The van der Waals surface area contributed by atoms with Crippen molar-refractivity contribution in [2.75, 3.05) is 24.2 Å². The minimum atomic E-state index is -3.65. The highest BCUT2D eigenvalue weighted by atomic mass is 32.2. The first-order valence-corrected chi connectivity index (χ1v) is 15.9. The van der Waals surface area contributed by atoms with Gasteiger partial charge in [0.25, 0.3) is 0 Å². The molecule has 1 atom stereocenters. The molecule has 4 rings (SSSR count). The first-order chi connectivity index (χ1) is 19.3. The highest BCUT2D eigenvalue weighted by Gasteiger charge is 2.24. The van der Waals surface area contributed by atoms with E-state index in [-0.39, 0.29) is 16.6 Å². The molecule has 0 spiro atoms. The van der Waals surface area contributed by atoms with Crippen molar-refractivity contribution in [2.24, 2.45) is 0 Å². The second-order valence-corrected chi connectivity index (χ2v) is 12.2. The summed E-state index contributed by atoms with van der Waals surface area (Å²) in [6, 6.07) is 24.2. The second-order valence-electron chi connectivity index (χ2n) is 9.33. The second kappa shape index (κ2) is 13.3. The molecule has 1 amide bonds. The predicted molar refractivity (Wildman–Crippen MR) is 161 cm³/mol. The Hall–Kier alpha value is -3.47. The van der Waals surface area contributed by atoms with E-state index in [1.54, 1.807) is 18.2 Å². The van der Waals surface area contributed by atoms with E-state index >= 15 is 0 Å². The van der Waals surface area contributed by atoms with E-state index in [1.165, 1.54) is 16.1 Å². The van der Waals surface area contributed by atoms with Crippen molar-refractivity contribution in [3.63, 3.8) is 0 Å². The number of nitrogens with one attached hydrogen (secondary N) is 1. The average molecular weight is 578 g/mol. The third kappa shape index (κ3) is 6.46. The van der Waals surface area contributed by atoms with Gasteiger partial charge < -0.3 is 5.32 Å². The van der Waals surface area contributed by atoms with Crippen molar-refractivity contribution in [1.29, 1.82) is 0 Å². The number of thioether (sulfide) groups is 1. The van der Waals surface area contributed by atoms with Gasteiger partial charge in [-0.2, -0.15) is 4.31 Å². The zero-order chi connectivity index (χ0) is 28.7. The number of rotatable bonds is 12. The molecule has 0 radical (unpaired) electrons. The molecule has 40 heavy (non-hydrogen) atoms. The number of para-hydroxylation sites is 2. The third-order valence-corrected chi connectivity index (χ3v) is 9.77. The number of nitrogens with zero attached hydrogens (tertiary/aromatic N) is 4. The van der Waals surface area contributed by atoms with Crippen molar-refractivity contribution in [2.45, 2.75) is 50.1 Å². The van der Waals surface area contributed by atoms with Gasteiger partial charge in [0, 0.05) is 30.0 Å². The van der Waals surface area contributed by atoms with Crippen LogP contribution < -0.4 is 5.32 Å². The fourth-order valence-electron chi connectivity index (χ4n) is 4.45. The zero-order valence-electron chi connectivity index (χ0n) is 23.2. The summed E-state index contributed by atoms with van der Waals surface area (Å²) in [5.41, 5.74) is 3.35. The molecule has 0 aliphatic rings. The van der Waals surface area contributed by atoms with Gasteiger partial charge in [-0.25, -0.2) is 8.42 Å². The minimum Gasteiger partial charge on any atom is -0.325 e. The number of carbonyl (C=O) groups excluding carboxylic acids is 1. The van der Waals surface area contributed by atoms with Crippen molar-refractivity contribution in [1.82, 2.24) is 19.1 Å². The molecule has 0 saturated carbocycles. The van der Waals surface area contributed by atoms with E-state index in [4.69, 9.17) is 0 Å². The minimum absolute atomic E-state index is 0.135. The van der Waals surface area contributed by atoms with Crippen molar-refractivity contribution in [3.8, 4) is 17.1 Å². The van der Waals surface area contributed by atoms with Crippen LogP contribution in [0.4, 0.5) is 5.69 Å². The molecule has 0 saturated heterocycles. The molecule has 0 fully saturated rings. The molecule has 8 nitrogen and oxygen atoms in total. The lowest BCUT2D eigenvalue weighted by molar-refractivity contribution is -0.113. The summed E-state index contributed by atoms with van der Waals surface area (Å²) >= 11 is 1.28. The molecule has 4 aromatic rings. The van der Waals surface area contributed by atoms with Crippen LogP contribution in [0.2, 0.25) is 0 Å². The molecular formula is C30H35N5O3S2. The summed E-state index contributed by atoms with van der Waals surface area (Å²) in [7, 11) is -3.65. The summed E-state index contributed by atoms with van der Waals surface area (Å²) in [6.07, 6.45) is 0.974. The lowest BCUT2D eigenvalue weighted by Gasteiger charge is -2.19. The topological polar surface area (TPSA) is 97.2 Å². The lowest BCUT2D eigenvalue weighted by Crippen LogP contribution is -2.30. The van der Waals surface area contributed by atoms with Gasteiger partial charge in [-0.3, -0.25) is 9.36 Å². The largest absolute Gasteiger partial charge is 0.325 e. The fourth-order valence-corrected chi connectivity index (χ4v) is 6.70. The van der Waals surface area contributed by atoms with Crippen LogP contribution in [-0.2, 0) is 14.8 Å². The van der Waals surface area contributed by atoms with Crippen molar-refractivity contribution in [3.05, 3.63) is 84.4 Å². The average Bonchev–Trinajstić information content (AvgIpc) is 3.41. The Morgan fingerprint density at radius 3 is 2.35 bits per heavy atom. The number of amides is 1. The molecule has 210 valence electrons. The maximum Gasteiger partial charge on any atom is 0.243 e. The van der Waals surface area contributed by atoms with E-state index in [2.05, 4.69) is 29.4 Å². The van der Waals surface area contributed by atoms with E-state index in [9.17, 15) is 13.2 Å². The molecule has 3 aromatic carbocycles. The fraction of sp³-hybridized carbons (Fsp3) is 0.300. The summed E-state index contributed by atoms with van der Waals surface area (Å²) in [4.78, 5) is 13.2. The van der Waals surface area contributed by atoms with Gasteiger partial charge in [0.15, 0.2) is 11.0 Å². The number of benzene rings is 3. The summed E-state index contributed by atoms with van der Waals surface area (Å²) in [5, 5.41) is 12.4. The smallest absolute Gasteiger partial charge is 0.243 e. The molecule has 1 aromatic heterocycles. The van der Waals surface area contributed by atoms with Crippen LogP contribution >= 0.6 is 11.8 Å². The van der Waals surface area contributed by atoms with E-state index < -0.39 is 10.0 Å². The summed E-state index contributed by atoms with van der Waals surface area (Å²) in [6.45, 7) is 8.68. The normalized spacial score (nSPS) is 12.4. The van der Waals surface area contributed by atoms with E-state index in [0.29, 0.717) is 35.6 Å². The molecule has 0 aliphatic carbocycles. The Morgan fingerprint density at radius 2 is 1.65 bits per heavy atom. The number of hydrogen-bond acceptors (Lipinski definition) is 6. The van der Waals surface area contributed by atoms with E-state index in [0.717, 1.165) is 23.4 Å². The Labute approximate surface area is 240 Å².